The lowest BCUT2D eigenvalue weighted by molar-refractivity contribution is -0.159. The van der Waals surface area contributed by atoms with Gasteiger partial charge in [0.05, 0.1) is 17.3 Å². The highest BCUT2D eigenvalue weighted by molar-refractivity contribution is 5.84. The van der Waals surface area contributed by atoms with Gasteiger partial charge >= 0.3 is 0 Å². The van der Waals surface area contributed by atoms with Gasteiger partial charge in [0.1, 0.15) is 17.0 Å². The molecule has 3 rings (SSSR count). The predicted molar refractivity (Wildman–Crippen MR) is 97.9 cm³/mol. The van der Waals surface area contributed by atoms with Crippen LogP contribution in [-0.2, 0) is 4.79 Å². The topological polar surface area (TPSA) is 95.6 Å². The summed E-state index contributed by atoms with van der Waals surface area (Å²) in [4.78, 5) is 24.5. The number of pyridine rings is 1. The van der Waals surface area contributed by atoms with E-state index in [0.29, 0.717) is 33.2 Å². The van der Waals surface area contributed by atoms with Gasteiger partial charge in [-0.1, -0.05) is 6.07 Å². The van der Waals surface area contributed by atoms with Crippen molar-refractivity contribution < 1.29 is 14.7 Å². The highest BCUT2D eigenvalue weighted by atomic mass is 16.5. The van der Waals surface area contributed by atoms with Crippen LogP contribution in [0.5, 0.6) is 5.75 Å². The number of aromatic nitrogens is 1. The van der Waals surface area contributed by atoms with Crippen molar-refractivity contribution in [3.8, 4) is 11.8 Å². The number of rotatable bonds is 2. The number of nitrogens with zero attached hydrogens (tertiary/aromatic N) is 3. The Hall–Kier alpha value is -3.37. The van der Waals surface area contributed by atoms with E-state index in [0.717, 1.165) is 0 Å². The summed E-state index contributed by atoms with van der Waals surface area (Å²) in [6.07, 6.45) is 1.55. The van der Waals surface area contributed by atoms with E-state index < -0.39 is 11.5 Å². The number of fused-ring (bicyclic) bond motifs is 1. The van der Waals surface area contributed by atoms with Crippen LogP contribution in [0.1, 0.15) is 37.5 Å². The molecule has 138 valence electrons. The zero-order chi connectivity index (χ0) is 19.9. The number of carbonyl (C=O) groups is 1. The molecule has 0 atom stereocenters. The SMILES string of the molecule is CC(=O)N(O)C1=C(n2ccccc2=O)c2c(ccc(C#N)c2C)OC1(C)C. The van der Waals surface area contributed by atoms with Crippen molar-refractivity contribution in [1.29, 1.82) is 5.26 Å². The zero-order valence-electron chi connectivity index (χ0n) is 15.5. The fraction of sp³-hybridized carbons (Fsp3) is 0.250. The van der Waals surface area contributed by atoms with Crippen molar-refractivity contribution in [2.45, 2.75) is 33.3 Å². The third kappa shape index (κ3) is 2.90. The predicted octanol–water partition coefficient (Wildman–Crippen LogP) is 2.65. The highest BCUT2D eigenvalue weighted by Crippen LogP contribution is 2.44. The van der Waals surface area contributed by atoms with Crippen LogP contribution in [0.25, 0.3) is 5.70 Å². The van der Waals surface area contributed by atoms with Crippen LogP contribution in [0.4, 0.5) is 0 Å². The number of benzene rings is 1. The van der Waals surface area contributed by atoms with E-state index in [2.05, 4.69) is 6.07 Å². The van der Waals surface area contributed by atoms with E-state index in [1.807, 2.05) is 0 Å². The van der Waals surface area contributed by atoms with Gasteiger partial charge in [0.25, 0.3) is 5.56 Å². The van der Waals surface area contributed by atoms with Crippen LogP contribution in [-0.4, -0.2) is 26.3 Å². The van der Waals surface area contributed by atoms with Crippen molar-refractivity contribution in [2.24, 2.45) is 0 Å². The van der Waals surface area contributed by atoms with E-state index >= 15 is 0 Å². The molecule has 1 amide bonds. The summed E-state index contributed by atoms with van der Waals surface area (Å²) < 4.78 is 7.38. The summed E-state index contributed by atoms with van der Waals surface area (Å²) in [5, 5.41) is 20.4. The Balaban J connectivity index is 2.53. The molecule has 0 spiro atoms. The standard InChI is InChI=1S/C20H19N3O4/c1-12-14(11-21)8-9-15-17(12)18(22-10-6-5-7-16(22)25)19(20(3,4)27-15)23(26)13(2)24/h5-10,26H,1-4H3. The third-order valence-corrected chi connectivity index (χ3v) is 4.52. The molecule has 2 heterocycles. The average Bonchev–Trinajstić information content (AvgIpc) is 2.60. The number of hydrogen-bond acceptors (Lipinski definition) is 5. The zero-order valence-corrected chi connectivity index (χ0v) is 15.5. The summed E-state index contributed by atoms with van der Waals surface area (Å²) >= 11 is 0. The Morgan fingerprint density at radius 1 is 1.30 bits per heavy atom. The Bertz CT molecular complexity index is 1070. The van der Waals surface area contributed by atoms with Gasteiger partial charge in [-0.25, -0.2) is 0 Å². The molecule has 1 aliphatic heterocycles. The molecule has 1 aromatic carbocycles. The van der Waals surface area contributed by atoms with E-state index in [4.69, 9.17) is 4.74 Å². The first kappa shape index (κ1) is 18.4. The molecule has 0 radical (unpaired) electrons. The number of amides is 1. The van der Waals surface area contributed by atoms with Crippen LogP contribution in [0.3, 0.4) is 0 Å². The maximum absolute atomic E-state index is 12.6. The molecular weight excluding hydrogens is 346 g/mol. The van der Waals surface area contributed by atoms with Crippen molar-refractivity contribution in [3.63, 3.8) is 0 Å². The number of hydrogen-bond donors (Lipinski definition) is 1. The van der Waals surface area contributed by atoms with Crippen molar-refractivity contribution in [2.75, 3.05) is 0 Å². The van der Waals surface area contributed by atoms with Crippen LogP contribution in [0.2, 0.25) is 0 Å². The minimum atomic E-state index is -1.11. The van der Waals surface area contributed by atoms with Crippen LogP contribution in [0.15, 0.2) is 47.0 Å². The third-order valence-electron chi connectivity index (χ3n) is 4.52. The molecule has 0 fully saturated rings. The average molecular weight is 365 g/mol. The van der Waals surface area contributed by atoms with Gasteiger partial charge in [-0.05, 0) is 44.5 Å². The molecule has 1 aromatic heterocycles. The number of carbonyl (C=O) groups excluding carboxylic acids is 1. The van der Waals surface area contributed by atoms with Gasteiger partial charge in [0.2, 0.25) is 5.91 Å². The summed E-state index contributed by atoms with van der Waals surface area (Å²) in [7, 11) is 0. The lowest BCUT2D eigenvalue weighted by atomic mass is 9.90. The van der Waals surface area contributed by atoms with Crippen LogP contribution in [0, 0.1) is 18.3 Å². The Morgan fingerprint density at radius 3 is 2.59 bits per heavy atom. The monoisotopic (exact) mass is 365 g/mol. The van der Waals surface area contributed by atoms with Gasteiger partial charge in [-0.15, -0.1) is 0 Å². The number of ether oxygens (including phenoxy) is 1. The van der Waals surface area contributed by atoms with E-state index in [1.54, 1.807) is 51.2 Å². The minimum Gasteiger partial charge on any atom is -0.481 e. The largest absolute Gasteiger partial charge is 0.481 e. The lowest BCUT2D eigenvalue weighted by Gasteiger charge is -2.39. The van der Waals surface area contributed by atoms with Gasteiger partial charge in [0.15, 0.2) is 0 Å². The molecule has 1 aliphatic rings. The molecule has 0 aliphatic carbocycles. The molecular formula is C20H19N3O4. The summed E-state index contributed by atoms with van der Waals surface area (Å²) in [5.74, 6) is -0.163. The maximum atomic E-state index is 12.6. The summed E-state index contributed by atoms with van der Waals surface area (Å²) in [6, 6.07) is 10.1. The second-order valence-corrected chi connectivity index (χ2v) is 6.77. The molecule has 7 heteroatoms. The Labute approximate surface area is 156 Å². The first-order valence-corrected chi connectivity index (χ1v) is 8.34. The van der Waals surface area contributed by atoms with Crippen LogP contribution < -0.4 is 10.3 Å². The Morgan fingerprint density at radius 2 is 2.00 bits per heavy atom. The van der Waals surface area contributed by atoms with Gasteiger partial charge in [0, 0.05) is 24.8 Å². The fourth-order valence-corrected chi connectivity index (χ4v) is 3.27. The molecule has 0 saturated heterocycles. The second kappa shape index (κ2) is 6.41. The van der Waals surface area contributed by atoms with Crippen molar-refractivity contribution >= 4 is 11.6 Å². The molecule has 0 saturated carbocycles. The normalized spacial score (nSPS) is 14.8. The van der Waals surface area contributed by atoms with E-state index in [9.17, 15) is 20.1 Å². The molecule has 2 aromatic rings. The van der Waals surface area contributed by atoms with Gasteiger partial charge in [-0.3, -0.25) is 19.4 Å². The van der Waals surface area contributed by atoms with E-state index in [1.165, 1.54) is 17.6 Å². The smallest absolute Gasteiger partial charge is 0.255 e. The minimum absolute atomic E-state index is 0.119. The van der Waals surface area contributed by atoms with Crippen molar-refractivity contribution in [1.82, 2.24) is 9.63 Å². The number of nitriles is 1. The Kier molecular flexibility index (Phi) is 4.38. The first-order chi connectivity index (χ1) is 12.7. The van der Waals surface area contributed by atoms with Crippen LogP contribution >= 0.6 is 0 Å². The molecule has 0 bridgehead atoms. The molecule has 7 nitrogen and oxygen atoms in total. The highest BCUT2D eigenvalue weighted by Gasteiger charge is 2.41. The quantitative estimate of drug-likeness (QED) is 0.652. The summed E-state index contributed by atoms with van der Waals surface area (Å²) in [6.45, 7) is 6.33. The molecule has 1 N–H and O–H groups in total. The first-order valence-electron chi connectivity index (χ1n) is 8.34. The van der Waals surface area contributed by atoms with Crippen molar-refractivity contribution in [3.05, 3.63) is 69.3 Å². The lowest BCUT2D eigenvalue weighted by Crippen LogP contribution is -2.45. The van der Waals surface area contributed by atoms with Gasteiger partial charge < -0.3 is 4.74 Å². The number of hydroxylamine groups is 2. The summed E-state index contributed by atoms with van der Waals surface area (Å²) in [5.41, 5.74) is 0.451. The second-order valence-electron chi connectivity index (χ2n) is 6.77. The van der Waals surface area contributed by atoms with E-state index in [-0.39, 0.29) is 11.3 Å². The van der Waals surface area contributed by atoms with Gasteiger partial charge in [-0.2, -0.15) is 10.3 Å². The fourth-order valence-electron chi connectivity index (χ4n) is 3.27. The maximum Gasteiger partial charge on any atom is 0.255 e. The molecule has 27 heavy (non-hydrogen) atoms. The molecule has 0 unspecified atom stereocenters.